The normalized spacial score (nSPS) is 17.8. The standard InChI is InChI=1S/C26H28FN5O3/c1-16-5-2-3-11-31(16)15-24(33)28-18-8-10-20(27)22(14-18)30-25(34)17-7-9-19-21(13-17)29-23-6-4-12-32(23)26(19)35/h7-10,13-14,16H,2-6,11-12,15H2,1H3,(H,28,33)(H,30,34). The maximum Gasteiger partial charge on any atom is 0.261 e. The lowest BCUT2D eigenvalue weighted by atomic mass is 10.0. The van der Waals surface area contributed by atoms with Gasteiger partial charge in [0.05, 0.1) is 23.1 Å². The van der Waals surface area contributed by atoms with Crippen LogP contribution in [0, 0.1) is 5.82 Å². The Morgan fingerprint density at radius 2 is 1.94 bits per heavy atom. The number of likely N-dealkylation sites (tertiary alicyclic amines) is 1. The second-order valence-corrected chi connectivity index (χ2v) is 9.33. The first-order chi connectivity index (χ1) is 16.9. The van der Waals surface area contributed by atoms with Gasteiger partial charge in [-0.2, -0.15) is 0 Å². The van der Waals surface area contributed by atoms with Gasteiger partial charge in [-0.25, -0.2) is 9.37 Å². The third-order valence-corrected chi connectivity index (χ3v) is 6.86. The minimum atomic E-state index is -0.615. The Kier molecular flexibility index (Phi) is 6.34. The molecule has 0 bridgehead atoms. The van der Waals surface area contributed by atoms with Gasteiger partial charge in [-0.1, -0.05) is 6.42 Å². The quantitative estimate of drug-likeness (QED) is 0.586. The summed E-state index contributed by atoms with van der Waals surface area (Å²) in [6.07, 6.45) is 4.91. The smallest absolute Gasteiger partial charge is 0.261 e. The molecule has 0 aliphatic carbocycles. The summed E-state index contributed by atoms with van der Waals surface area (Å²) >= 11 is 0. The summed E-state index contributed by atoms with van der Waals surface area (Å²) in [6, 6.07) is 9.10. The molecule has 1 saturated heterocycles. The largest absolute Gasteiger partial charge is 0.325 e. The van der Waals surface area contributed by atoms with E-state index in [-0.39, 0.29) is 29.3 Å². The zero-order valence-electron chi connectivity index (χ0n) is 19.6. The van der Waals surface area contributed by atoms with E-state index in [9.17, 15) is 18.8 Å². The number of hydrogen-bond donors (Lipinski definition) is 2. The second kappa shape index (κ2) is 9.58. The lowest BCUT2D eigenvalue weighted by molar-refractivity contribution is -0.118. The van der Waals surface area contributed by atoms with Gasteiger partial charge in [-0.3, -0.25) is 23.9 Å². The first-order valence-electron chi connectivity index (χ1n) is 12.1. The van der Waals surface area contributed by atoms with Crippen molar-refractivity contribution in [2.45, 2.75) is 51.6 Å². The highest BCUT2D eigenvalue weighted by atomic mass is 19.1. The number of nitrogens with zero attached hydrogens (tertiary/aromatic N) is 3. The fraction of sp³-hybridized carbons (Fsp3) is 0.385. The van der Waals surface area contributed by atoms with Crippen molar-refractivity contribution in [2.75, 3.05) is 23.7 Å². The molecule has 2 aliphatic rings. The number of halogens is 1. The molecule has 5 rings (SSSR count). The van der Waals surface area contributed by atoms with Gasteiger partial charge < -0.3 is 10.6 Å². The maximum absolute atomic E-state index is 14.5. The van der Waals surface area contributed by atoms with E-state index in [0.717, 1.165) is 32.2 Å². The van der Waals surface area contributed by atoms with Crippen LogP contribution in [0.3, 0.4) is 0 Å². The van der Waals surface area contributed by atoms with E-state index >= 15 is 0 Å². The Bertz CT molecular complexity index is 1370. The van der Waals surface area contributed by atoms with E-state index in [1.54, 1.807) is 16.7 Å². The molecule has 2 aliphatic heterocycles. The fourth-order valence-corrected chi connectivity index (χ4v) is 4.90. The van der Waals surface area contributed by atoms with Crippen molar-refractivity contribution >= 4 is 34.1 Å². The van der Waals surface area contributed by atoms with E-state index in [0.29, 0.717) is 35.0 Å². The minimum absolute atomic E-state index is 0.0405. The molecule has 3 heterocycles. The van der Waals surface area contributed by atoms with Gasteiger partial charge in [0, 0.05) is 30.3 Å². The molecule has 182 valence electrons. The summed E-state index contributed by atoms with van der Waals surface area (Å²) in [4.78, 5) is 44.7. The van der Waals surface area contributed by atoms with Crippen LogP contribution in [0.2, 0.25) is 0 Å². The number of carbonyl (C=O) groups excluding carboxylic acids is 2. The molecule has 8 nitrogen and oxygen atoms in total. The summed E-state index contributed by atoms with van der Waals surface area (Å²) in [5, 5.41) is 5.82. The van der Waals surface area contributed by atoms with E-state index in [2.05, 4.69) is 27.4 Å². The van der Waals surface area contributed by atoms with Crippen molar-refractivity contribution < 1.29 is 14.0 Å². The molecule has 35 heavy (non-hydrogen) atoms. The van der Waals surface area contributed by atoms with Crippen molar-refractivity contribution in [3.8, 4) is 0 Å². The Morgan fingerprint density at radius 3 is 2.77 bits per heavy atom. The molecule has 2 aromatic carbocycles. The summed E-state index contributed by atoms with van der Waals surface area (Å²) in [5.74, 6) is -0.606. The first-order valence-corrected chi connectivity index (χ1v) is 12.1. The van der Waals surface area contributed by atoms with Crippen LogP contribution >= 0.6 is 0 Å². The van der Waals surface area contributed by atoms with Gasteiger partial charge in [-0.15, -0.1) is 0 Å². The van der Waals surface area contributed by atoms with Crippen LogP contribution in [0.4, 0.5) is 15.8 Å². The molecule has 1 unspecified atom stereocenters. The summed E-state index contributed by atoms with van der Waals surface area (Å²) in [6.45, 7) is 3.93. The molecule has 2 N–H and O–H groups in total. The maximum atomic E-state index is 14.5. The van der Waals surface area contributed by atoms with Crippen molar-refractivity contribution in [1.29, 1.82) is 0 Å². The van der Waals surface area contributed by atoms with Crippen molar-refractivity contribution in [3.05, 3.63) is 64.0 Å². The Labute approximate surface area is 202 Å². The van der Waals surface area contributed by atoms with Gasteiger partial charge in [0.25, 0.3) is 11.5 Å². The zero-order valence-corrected chi connectivity index (χ0v) is 19.6. The molecule has 0 radical (unpaired) electrons. The van der Waals surface area contributed by atoms with Crippen LogP contribution in [-0.2, 0) is 17.8 Å². The number of aryl methyl sites for hydroxylation is 1. The van der Waals surface area contributed by atoms with Crippen LogP contribution in [0.5, 0.6) is 0 Å². The van der Waals surface area contributed by atoms with Crippen LogP contribution in [0.1, 0.15) is 48.8 Å². The number of hydrogen-bond acceptors (Lipinski definition) is 5. The topological polar surface area (TPSA) is 96.3 Å². The van der Waals surface area contributed by atoms with Crippen molar-refractivity contribution in [2.24, 2.45) is 0 Å². The van der Waals surface area contributed by atoms with E-state index < -0.39 is 11.7 Å². The highest BCUT2D eigenvalue weighted by Gasteiger charge is 2.21. The van der Waals surface area contributed by atoms with Crippen molar-refractivity contribution in [3.63, 3.8) is 0 Å². The summed E-state index contributed by atoms with van der Waals surface area (Å²) in [7, 11) is 0. The number of benzene rings is 2. The predicted octanol–water partition coefficient (Wildman–Crippen LogP) is 3.55. The van der Waals surface area contributed by atoms with Crippen molar-refractivity contribution in [1.82, 2.24) is 14.5 Å². The molecule has 0 saturated carbocycles. The molecular weight excluding hydrogens is 449 g/mol. The number of aromatic nitrogens is 2. The molecule has 1 atom stereocenters. The van der Waals surface area contributed by atoms with Gasteiger partial charge in [0.1, 0.15) is 11.6 Å². The number of carbonyl (C=O) groups is 2. The number of nitrogens with one attached hydrogen (secondary N) is 2. The number of amides is 2. The van der Waals surface area contributed by atoms with Gasteiger partial charge >= 0.3 is 0 Å². The highest BCUT2D eigenvalue weighted by molar-refractivity contribution is 6.06. The SMILES string of the molecule is CC1CCCCN1CC(=O)Nc1ccc(F)c(NC(=O)c2ccc3c(=O)n4c(nc3c2)CCC4)c1. The van der Waals surface area contributed by atoms with E-state index in [1.165, 1.54) is 30.7 Å². The van der Waals surface area contributed by atoms with Crippen LogP contribution in [0.15, 0.2) is 41.2 Å². The summed E-state index contributed by atoms with van der Waals surface area (Å²) < 4.78 is 16.1. The molecule has 2 amide bonds. The van der Waals surface area contributed by atoms with E-state index in [4.69, 9.17) is 0 Å². The number of anilines is 2. The highest BCUT2D eigenvalue weighted by Crippen LogP contribution is 2.22. The number of piperidine rings is 1. The first kappa shape index (κ1) is 23.2. The van der Waals surface area contributed by atoms with Crippen LogP contribution < -0.4 is 16.2 Å². The molecular formula is C26H28FN5O3. The number of rotatable bonds is 5. The lowest BCUT2D eigenvalue weighted by Crippen LogP contribution is -2.42. The van der Waals surface area contributed by atoms with Gasteiger partial charge in [-0.05, 0) is 69.1 Å². The van der Waals surface area contributed by atoms with E-state index in [1.807, 2.05) is 0 Å². The molecule has 3 aromatic rings. The molecule has 0 spiro atoms. The average Bonchev–Trinajstić information content (AvgIpc) is 3.31. The monoisotopic (exact) mass is 477 g/mol. The third kappa shape index (κ3) is 4.81. The number of fused-ring (bicyclic) bond motifs is 2. The third-order valence-electron chi connectivity index (χ3n) is 6.86. The second-order valence-electron chi connectivity index (χ2n) is 9.33. The Morgan fingerprint density at radius 1 is 1.09 bits per heavy atom. The molecule has 1 fully saturated rings. The van der Waals surface area contributed by atoms with Gasteiger partial charge in [0.2, 0.25) is 5.91 Å². The fourth-order valence-electron chi connectivity index (χ4n) is 4.90. The molecule has 1 aromatic heterocycles. The average molecular weight is 478 g/mol. The minimum Gasteiger partial charge on any atom is -0.325 e. The predicted molar refractivity (Wildman–Crippen MR) is 132 cm³/mol. The Balaban J connectivity index is 1.31. The summed E-state index contributed by atoms with van der Waals surface area (Å²) in [5.41, 5.74) is 0.966. The molecule has 9 heteroatoms. The van der Waals surface area contributed by atoms with Crippen LogP contribution in [0.25, 0.3) is 10.9 Å². The van der Waals surface area contributed by atoms with Crippen LogP contribution in [-0.4, -0.2) is 45.4 Å². The zero-order chi connectivity index (χ0) is 24.5. The lowest BCUT2D eigenvalue weighted by Gasteiger charge is -2.32. The van der Waals surface area contributed by atoms with Gasteiger partial charge in [0.15, 0.2) is 0 Å². The Hall–Kier alpha value is -3.59.